The summed E-state index contributed by atoms with van der Waals surface area (Å²) in [6.07, 6.45) is 1.53. The molecule has 0 spiro atoms. The molecule has 1 amide bonds. The number of ether oxygens (including phenoxy) is 1. The number of hydrogen-bond acceptors (Lipinski definition) is 3. The van der Waals surface area contributed by atoms with Crippen LogP contribution in [0, 0.1) is 0 Å². The summed E-state index contributed by atoms with van der Waals surface area (Å²) in [7, 11) is 1.46. The SMILES string of the molecule is CCC1(C(=O)O)CCCN1C(=O)c1ccc(Cl)cc1OC. The van der Waals surface area contributed by atoms with Gasteiger partial charge in [0.15, 0.2) is 0 Å². The van der Waals surface area contributed by atoms with Crippen LogP contribution in [-0.4, -0.2) is 41.1 Å². The van der Waals surface area contributed by atoms with Crippen LogP contribution in [0.15, 0.2) is 18.2 Å². The van der Waals surface area contributed by atoms with Crippen molar-refractivity contribution in [2.75, 3.05) is 13.7 Å². The molecule has 1 heterocycles. The van der Waals surface area contributed by atoms with Crippen molar-refractivity contribution in [3.8, 4) is 5.75 Å². The molecular formula is C15H18ClNO4. The summed E-state index contributed by atoms with van der Waals surface area (Å²) in [5, 5.41) is 10.0. The van der Waals surface area contributed by atoms with Gasteiger partial charge in [-0.3, -0.25) is 4.79 Å². The van der Waals surface area contributed by atoms with Crippen molar-refractivity contribution < 1.29 is 19.4 Å². The predicted octanol–water partition coefficient (Wildman–Crippen LogP) is 2.82. The third-order valence-electron chi connectivity index (χ3n) is 4.11. The van der Waals surface area contributed by atoms with Gasteiger partial charge in [0.05, 0.1) is 12.7 Å². The molecule has 1 aromatic carbocycles. The minimum Gasteiger partial charge on any atom is -0.496 e. The number of amides is 1. The van der Waals surface area contributed by atoms with Crippen molar-refractivity contribution >= 4 is 23.5 Å². The van der Waals surface area contributed by atoms with Crippen molar-refractivity contribution in [3.63, 3.8) is 0 Å². The number of methoxy groups -OCH3 is 1. The van der Waals surface area contributed by atoms with E-state index in [4.69, 9.17) is 16.3 Å². The highest BCUT2D eigenvalue weighted by Gasteiger charge is 2.49. The van der Waals surface area contributed by atoms with Gasteiger partial charge in [-0.25, -0.2) is 4.79 Å². The Morgan fingerprint density at radius 2 is 2.19 bits per heavy atom. The lowest BCUT2D eigenvalue weighted by atomic mass is 9.92. The van der Waals surface area contributed by atoms with Crippen molar-refractivity contribution in [1.82, 2.24) is 4.90 Å². The summed E-state index contributed by atoms with van der Waals surface area (Å²) >= 11 is 5.89. The fourth-order valence-corrected chi connectivity index (χ4v) is 3.06. The minimum absolute atomic E-state index is 0.328. The van der Waals surface area contributed by atoms with Crippen LogP contribution >= 0.6 is 11.6 Å². The van der Waals surface area contributed by atoms with E-state index >= 15 is 0 Å². The Morgan fingerprint density at radius 3 is 2.76 bits per heavy atom. The highest BCUT2D eigenvalue weighted by molar-refractivity contribution is 6.30. The topological polar surface area (TPSA) is 66.8 Å². The predicted molar refractivity (Wildman–Crippen MR) is 78.9 cm³/mol. The molecule has 1 aliphatic rings. The third kappa shape index (κ3) is 2.58. The molecule has 0 radical (unpaired) electrons. The summed E-state index contributed by atoms with van der Waals surface area (Å²) in [6, 6.07) is 4.73. The van der Waals surface area contributed by atoms with E-state index in [1.54, 1.807) is 25.1 Å². The molecule has 6 heteroatoms. The number of nitrogens with zero attached hydrogens (tertiary/aromatic N) is 1. The largest absolute Gasteiger partial charge is 0.496 e. The highest BCUT2D eigenvalue weighted by atomic mass is 35.5. The highest BCUT2D eigenvalue weighted by Crippen LogP contribution is 2.35. The van der Waals surface area contributed by atoms with E-state index in [0.29, 0.717) is 42.1 Å². The zero-order chi connectivity index (χ0) is 15.6. The average Bonchev–Trinajstić information content (AvgIpc) is 2.91. The number of rotatable bonds is 4. The molecule has 1 saturated heterocycles. The first-order valence-electron chi connectivity index (χ1n) is 6.85. The molecular weight excluding hydrogens is 294 g/mol. The summed E-state index contributed by atoms with van der Waals surface area (Å²) in [5.74, 6) is -0.927. The van der Waals surface area contributed by atoms with E-state index in [1.165, 1.54) is 12.0 Å². The summed E-state index contributed by atoms with van der Waals surface area (Å²) in [4.78, 5) is 25.9. The first kappa shape index (κ1) is 15.6. The molecule has 1 unspecified atom stereocenters. The zero-order valence-electron chi connectivity index (χ0n) is 12.1. The molecule has 2 rings (SSSR count). The normalized spacial score (nSPS) is 21.4. The molecule has 0 aliphatic carbocycles. The molecule has 0 aromatic heterocycles. The Kier molecular flexibility index (Phi) is 4.42. The fraction of sp³-hybridized carbons (Fsp3) is 0.467. The van der Waals surface area contributed by atoms with Gasteiger partial charge >= 0.3 is 5.97 Å². The molecule has 1 N–H and O–H groups in total. The van der Waals surface area contributed by atoms with Crippen LogP contribution < -0.4 is 4.74 Å². The van der Waals surface area contributed by atoms with E-state index in [0.717, 1.165) is 0 Å². The Balaban J connectivity index is 2.42. The monoisotopic (exact) mass is 311 g/mol. The number of aliphatic carboxylic acids is 1. The number of halogens is 1. The molecule has 0 saturated carbocycles. The standard InChI is InChI=1S/C15H18ClNO4/c1-3-15(14(19)20)7-4-8-17(15)13(18)11-6-5-10(16)9-12(11)21-2/h5-6,9H,3-4,7-8H2,1-2H3,(H,19,20). The number of hydrogen-bond donors (Lipinski definition) is 1. The van der Waals surface area contributed by atoms with Crippen LogP contribution in [0.25, 0.3) is 0 Å². The van der Waals surface area contributed by atoms with E-state index < -0.39 is 11.5 Å². The molecule has 0 bridgehead atoms. The Hall–Kier alpha value is -1.75. The van der Waals surface area contributed by atoms with Crippen molar-refractivity contribution in [2.24, 2.45) is 0 Å². The van der Waals surface area contributed by atoms with E-state index in [1.807, 2.05) is 0 Å². The minimum atomic E-state index is -1.12. The molecule has 1 fully saturated rings. The van der Waals surface area contributed by atoms with Crippen LogP contribution in [-0.2, 0) is 4.79 Å². The second-order valence-electron chi connectivity index (χ2n) is 5.10. The Bertz CT molecular complexity index is 575. The van der Waals surface area contributed by atoms with E-state index in [9.17, 15) is 14.7 Å². The second kappa shape index (κ2) is 5.93. The van der Waals surface area contributed by atoms with Crippen LogP contribution in [0.5, 0.6) is 5.75 Å². The van der Waals surface area contributed by atoms with Crippen LogP contribution in [0.2, 0.25) is 5.02 Å². The van der Waals surface area contributed by atoms with Gasteiger partial charge in [0.25, 0.3) is 5.91 Å². The number of carboxylic acid groups (broad SMARTS) is 1. The fourth-order valence-electron chi connectivity index (χ4n) is 2.90. The molecule has 114 valence electrons. The van der Waals surface area contributed by atoms with Gasteiger partial charge in [-0.2, -0.15) is 0 Å². The molecule has 5 nitrogen and oxygen atoms in total. The number of benzene rings is 1. The van der Waals surface area contributed by atoms with Gasteiger partial charge in [-0.1, -0.05) is 18.5 Å². The van der Waals surface area contributed by atoms with Gasteiger partial charge in [0.1, 0.15) is 11.3 Å². The van der Waals surface area contributed by atoms with E-state index in [-0.39, 0.29) is 5.91 Å². The summed E-state index contributed by atoms with van der Waals surface area (Å²) in [5.41, 5.74) is -0.787. The zero-order valence-corrected chi connectivity index (χ0v) is 12.8. The molecule has 1 aliphatic heterocycles. The number of likely N-dealkylation sites (tertiary alicyclic amines) is 1. The second-order valence-corrected chi connectivity index (χ2v) is 5.53. The van der Waals surface area contributed by atoms with Crippen molar-refractivity contribution in [3.05, 3.63) is 28.8 Å². The molecule has 21 heavy (non-hydrogen) atoms. The third-order valence-corrected chi connectivity index (χ3v) is 4.35. The van der Waals surface area contributed by atoms with Crippen molar-refractivity contribution in [1.29, 1.82) is 0 Å². The number of carbonyl (C=O) groups excluding carboxylic acids is 1. The van der Waals surface area contributed by atoms with Gasteiger partial charge in [-0.05, 0) is 37.5 Å². The van der Waals surface area contributed by atoms with Crippen molar-refractivity contribution in [2.45, 2.75) is 31.7 Å². The number of carboxylic acids is 1. The lowest BCUT2D eigenvalue weighted by molar-refractivity contribution is -0.148. The van der Waals surface area contributed by atoms with Crippen LogP contribution in [0.3, 0.4) is 0 Å². The van der Waals surface area contributed by atoms with Crippen LogP contribution in [0.1, 0.15) is 36.5 Å². The van der Waals surface area contributed by atoms with Gasteiger partial charge < -0.3 is 14.7 Å². The van der Waals surface area contributed by atoms with Gasteiger partial charge in [-0.15, -0.1) is 0 Å². The molecule has 1 atom stereocenters. The maximum Gasteiger partial charge on any atom is 0.329 e. The van der Waals surface area contributed by atoms with Crippen LogP contribution in [0.4, 0.5) is 0 Å². The number of carbonyl (C=O) groups is 2. The summed E-state index contributed by atoms with van der Waals surface area (Å²) < 4.78 is 5.19. The first-order chi connectivity index (χ1) is 9.96. The quantitative estimate of drug-likeness (QED) is 0.928. The van der Waals surface area contributed by atoms with E-state index in [2.05, 4.69) is 0 Å². The smallest absolute Gasteiger partial charge is 0.329 e. The lowest BCUT2D eigenvalue weighted by Gasteiger charge is -2.34. The average molecular weight is 312 g/mol. The first-order valence-corrected chi connectivity index (χ1v) is 7.23. The Morgan fingerprint density at radius 1 is 1.48 bits per heavy atom. The maximum absolute atomic E-state index is 12.8. The molecule has 1 aromatic rings. The van der Waals surface area contributed by atoms with Gasteiger partial charge in [0.2, 0.25) is 0 Å². The lowest BCUT2D eigenvalue weighted by Crippen LogP contribution is -2.52. The van der Waals surface area contributed by atoms with Gasteiger partial charge in [0, 0.05) is 11.6 Å². The Labute approximate surface area is 128 Å². The maximum atomic E-state index is 12.8. The summed E-state index contributed by atoms with van der Waals surface area (Å²) in [6.45, 7) is 2.23.